The van der Waals surface area contributed by atoms with Gasteiger partial charge in [0.2, 0.25) is 0 Å². The minimum absolute atomic E-state index is 0.426. The lowest BCUT2D eigenvalue weighted by molar-refractivity contribution is 0.262. The van der Waals surface area contributed by atoms with Crippen LogP contribution in [0.5, 0.6) is 0 Å². The van der Waals surface area contributed by atoms with Crippen molar-refractivity contribution < 1.29 is 5.11 Å². The van der Waals surface area contributed by atoms with Crippen LogP contribution in [0.15, 0.2) is 12.2 Å². The first-order chi connectivity index (χ1) is 5.43. The van der Waals surface area contributed by atoms with Crippen LogP contribution in [-0.2, 0) is 0 Å². The van der Waals surface area contributed by atoms with Crippen LogP contribution in [0.1, 0.15) is 25.7 Å². The zero-order valence-electron chi connectivity index (χ0n) is 6.87. The van der Waals surface area contributed by atoms with E-state index in [0.29, 0.717) is 12.5 Å². The lowest BCUT2D eigenvalue weighted by Crippen LogP contribution is -1.88. The van der Waals surface area contributed by atoms with E-state index < -0.39 is 0 Å². The molecule has 2 aliphatic rings. The van der Waals surface area contributed by atoms with Crippen LogP contribution in [0.25, 0.3) is 0 Å². The summed E-state index contributed by atoms with van der Waals surface area (Å²) in [5.41, 5.74) is 0. The summed E-state index contributed by atoms with van der Waals surface area (Å²) in [5.74, 6) is 2.39. The Labute approximate surface area is 68.1 Å². The molecule has 1 saturated carbocycles. The molecule has 1 nitrogen and oxygen atoms in total. The fraction of sp³-hybridized carbons (Fsp3) is 0.800. The van der Waals surface area contributed by atoms with Crippen LogP contribution in [0.2, 0.25) is 0 Å². The normalized spacial score (nSPS) is 45.4. The Balaban J connectivity index is 1.91. The van der Waals surface area contributed by atoms with Crippen molar-refractivity contribution in [1.29, 1.82) is 0 Å². The Bertz CT molecular complexity index is 146. The molecule has 3 atom stereocenters. The van der Waals surface area contributed by atoms with Gasteiger partial charge in [-0.25, -0.2) is 0 Å². The molecular weight excluding hydrogens is 136 g/mol. The van der Waals surface area contributed by atoms with Gasteiger partial charge in [0.1, 0.15) is 0 Å². The standard InChI is InChI=1S/C10H16O/c11-7-10-8-5-3-1-2-4-6-9(8)10/h1-2,8-11H,3-7H2/b2-1-/t8-,9+,10+. The molecule has 0 amide bonds. The molecular formula is C10H16O. The average Bonchev–Trinajstić information content (AvgIpc) is 2.60. The van der Waals surface area contributed by atoms with Crippen molar-refractivity contribution >= 4 is 0 Å². The topological polar surface area (TPSA) is 20.2 Å². The highest BCUT2D eigenvalue weighted by Gasteiger charge is 2.47. The largest absolute Gasteiger partial charge is 0.396 e. The lowest BCUT2D eigenvalue weighted by Gasteiger charge is -1.99. The zero-order chi connectivity index (χ0) is 7.68. The van der Waals surface area contributed by atoms with E-state index in [1.807, 2.05) is 0 Å². The molecule has 0 aliphatic heterocycles. The first-order valence-electron chi connectivity index (χ1n) is 4.69. The second-order valence-electron chi connectivity index (χ2n) is 3.80. The molecule has 1 N–H and O–H groups in total. The fourth-order valence-corrected chi connectivity index (χ4v) is 2.46. The van der Waals surface area contributed by atoms with Gasteiger partial charge in [0.05, 0.1) is 0 Å². The van der Waals surface area contributed by atoms with Crippen molar-refractivity contribution in [3.8, 4) is 0 Å². The van der Waals surface area contributed by atoms with E-state index in [-0.39, 0.29) is 0 Å². The molecule has 0 unspecified atom stereocenters. The molecule has 2 rings (SSSR count). The van der Waals surface area contributed by atoms with Gasteiger partial charge < -0.3 is 5.11 Å². The number of rotatable bonds is 1. The number of aliphatic hydroxyl groups excluding tert-OH is 1. The second kappa shape index (κ2) is 2.98. The highest BCUT2D eigenvalue weighted by Crippen LogP contribution is 2.52. The number of hydrogen-bond donors (Lipinski definition) is 1. The van der Waals surface area contributed by atoms with Gasteiger partial charge >= 0.3 is 0 Å². The predicted molar refractivity (Wildman–Crippen MR) is 45.2 cm³/mol. The third kappa shape index (κ3) is 1.34. The number of aliphatic hydroxyl groups is 1. The maximum Gasteiger partial charge on any atom is 0.0464 e. The molecule has 2 aliphatic carbocycles. The Morgan fingerprint density at radius 2 is 1.64 bits per heavy atom. The molecule has 0 aromatic heterocycles. The van der Waals surface area contributed by atoms with E-state index >= 15 is 0 Å². The summed E-state index contributed by atoms with van der Waals surface area (Å²) >= 11 is 0. The summed E-state index contributed by atoms with van der Waals surface area (Å²) in [6.45, 7) is 0.426. The van der Waals surface area contributed by atoms with Crippen molar-refractivity contribution in [2.75, 3.05) is 6.61 Å². The molecule has 11 heavy (non-hydrogen) atoms. The molecule has 0 heterocycles. The third-order valence-corrected chi connectivity index (χ3v) is 3.22. The van der Waals surface area contributed by atoms with Crippen molar-refractivity contribution in [3.05, 3.63) is 12.2 Å². The molecule has 1 heteroatoms. The molecule has 1 fully saturated rings. The summed E-state index contributed by atoms with van der Waals surface area (Å²) in [6, 6.07) is 0. The number of hydrogen-bond acceptors (Lipinski definition) is 1. The quantitative estimate of drug-likeness (QED) is 0.569. The van der Waals surface area contributed by atoms with Crippen molar-refractivity contribution in [2.24, 2.45) is 17.8 Å². The van der Waals surface area contributed by atoms with Crippen LogP contribution in [0.3, 0.4) is 0 Å². The molecule has 0 spiro atoms. The lowest BCUT2D eigenvalue weighted by atomic mass is 10.1. The van der Waals surface area contributed by atoms with Crippen molar-refractivity contribution in [3.63, 3.8) is 0 Å². The molecule has 62 valence electrons. The van der Waals surface area contributed by atoms with Crippen molar-refractivity contribution in [2.45, 2.75) is 25.7 Å². The fourth-order valence-electron chi connectivity index (χ4n) is 2.46. The van der Waals surface area contributed by atoms with Crippen LogP contribution >= 0.6 is 0 Å². The SMILES string of the molecule is OC[C@@H]1[C@H]2CC/C=C\CC[C@@H]12. The van der Waals surface area contributed by atoms with E-state index in [9.17, 15) is 0 Å². The van der Waals surface area contributed by atoms with Gasteiger partial charge in [0, 0.05) is 6.61 Å². The third-order valence-electron chi connectivity index (χ3n) is 3.22. The minimum atomic E-state index is 0.426. The predicted octanol–water partition coefficient (Wildman–Crippen LogP) is 1.97. The van der Waals surface area contributed by atoms with Crippen LogP contribution in [-0.4, -0.2) is 11.7 Å². The maximum absolute atomic E-state index is 9.00. The summed E-state index contributed by atoms with van der Waals surface area (Å²) in [4.78, 5) is 0. The summed E-state index contributed by atoms with van der Waals surface area (Å²) in [7, 11) is 0. The molecule has 0 aromatic carbocycles. The van der Waals surface area contributed by atoms with E-state index in [0.717, 1.165) is 11.8 Å². The van der Waals surface area contributed by atoms with Gasteiger partial charge in [0.25, 0.3) is 0 Å². The van der Waals surface area contributed by atoms with Crippen molar-refractivity contribution in [1.82, 2.24) is 0 Å². The molecule has 0 radical (unpaired) electrons. The maximum atomic E-state index is 9.00. The summed E-state index contributed by atoms with van der Waals surface area (Å²) < 4.78 is 0. The Morgan fingerprint density at radius 1 is 1.09 bits per heavy atom. The number of allylic oxidation sites excluding steroid dienone is 2. The van der Waals surface area contributed by atoms with Crippen LogP contribution in [0.4, 0.5) is 0 Å². The molecule has 0 aromatic rings. The Morgan fingerprint density at radius 3 is 2.09 bits per heavy atom. The monoisotopic (exact) mass is 152 g/mol. The van der Waals surface area contributed by atoms with E-state index in [2.05, 4.69) is 12.2 Å². The minimum Gasteiger partial charge on any atom is -0.396 e. The van der Waals surface area contributed by atoms with E-state index in [4.69, 9.17) is 5.11 Å². The molecule has 0 bridgehead atoms. The van der Waals surface area contributed by atoms with E-state index in [1.54, 1.807) is 0 Å². The summed E-state index contributed by atoms with van der Waals surface area (Å²) in [5, 5.41) is 9.00. The van der Waals surface area contributed by atoms with Gasteiger partial charge in [-0.3, -0.25) is 0 Å². The summed E-state index contributed by atoms with van der Waals surface area (Å²) in [6.07, 6.45) is 9.68. The van der Waals surface area contributed by atoms with Gasteiger partial charge in [-0.1, -0.05) is 12.2 Å². The van der Waals surface area contributed by atoms with Gasteiger partial charge in [-0.15, -0.1) is 0 Å². The Hall–Kier alpha value is -0.300. The zero-order valence-corrected chi connectivity index (χ0v) is 6.87. The second-order valence-corrected chi connectivity index (χ2v) is 3.80. The smallest absolute Gasteiger partial charge is 0.0464 e. The van der Waals surface area contributed by atoms with Crippen LogP contribution < -0.4 is 0 Å². The highest BCUT2D eigenvalue weighted by molar-refractivity contribution is 5.00. The van der Waals surface area contributed by atoms with E-state index in [1.165, 1.54) is 25.7 Å². The first kappa shape index (κ1) is 7.35. The van der Waals surface area contributed by atoms with Gasteiger partial charge in [0.15, 0.2) is 0 Å². The Kier molecular flexibility index (Phi) is 1.99. The highest BCUT2D eigenvalue weighted by atomic mass is 16.3. The average molecular weight is 152 g/mol. The molecule has 0 saturated heterocycles. The first-order valence-corrected chi connectivity index (χ1v) is 4.69. The van der Waals surface area contributed by atoms with Gasteiger partial charge in [-0.2, -0.15) is 0 Å². The van der Waals surface area contributed by atoms with Crippen LogP contribution in [0, 0.1) is 17.8 Å². The van der Waals surface area contributed by atoms with Gasteiger partial charge in [-0.05, 0) is 43.4 Å². The number of fused-ring (bicyclic) bond motifs is 1.